The quantitative estimate of drug-likeness (QED) is 0.408. The molecule has 0 amide bonds. The summed E-state index contributed by atoms with van der Waals surface area (Å²) in [7, 11) is 3.98. The fourth-order valence-electron chi connectivity index (χ4n) is 3.24. The van der Waals surface area contributed by atoms with Crippen molar-refractivity contribution in [3.8, 4) is 0 Å². The Hall–Kier alpha value is -1.66. The van der Waals surface area contributed by atoms with Crippen molar-refractivity contribution in [1.29, 1.82) is 0 Å². The number of halogens is 1. The molecule has 1 aromatic carbocycles. The molecule has 6 heteroatoms. The lowest BCUT2D eigenvalue weighted by molar-refractivity contribution is 0.175. The smallest absolute Gasteiger partial charge is 0.191 e. The zero-order valence-corrected chi connectivity index (χ0v) is 17.6. The molecule has 0 fully saturated rings. The van der Waals surface area contributed by atoms with Crippen LogP contribution < -0.4 is 10.6 Å². The van der Waals surface area contributed by atoms with Gasteiger partial charge in [0.15, 0.2) is 5.96 Å². The van der Waals surface area contributed by atoms with Gasteiger partial charge >= 0.3 is 0 Å². The van der Waals surface area contributed by atoms with E-state index in [1.54, 1.807) is 12.1 Å². The predicted molar refractivity (Wildman–Crippen MR) is 112 cm³/mol. The van der Waals surface area contributed by atoms with Gasteiger partial charge in [0.2, 0.25) is 0 Å². The molecule has 154 valence electrons. The van der Waals surface area contributed by atoms with E-state index in [4.69, 9.17) is 4.99 Å². The minimum atomic E-state index is -0.223. The third kappa shape index (κ3) is 7.46. The topological polar surface area (TPSA) is 59.9 Å². The van der Waals surface area contributed by atoms with Crippen LogP contribution in [0.15, 0.2) is 29.3 Å². The normalized spacial score (nSPS) is 13.7. The highest BCUT2D eigenvalue weighted by atomic mass is 19.1. The second kappa shape index (κ2) is 11.9. The van der Waals surface area contributed by atoms with E-state index >= 15 is 0 Å². The van der Waals surface area contributed by atoms with Crippen LogP contribution in [0.1, 0.15) is 51.6 Å². The largest absolute Gasteiger partial charge is 0.396 e. The molecule has 0 bridgehead atoms. The summed E-state index contributed by atoms with van der Waals surface area (Å²) in [6.07, 6.45) is 2.72. The minimum Gasteiger partial charge on any atom is -0.396 e. The molecule has 1 aromatic rings. The second-order valence-corrected chi connectivity index (χ2v) is 7.29. The number of rotatable bonds is 11. The van der Waals surface area contributed by atoms with E-state index < -0.39 is 0 Å². The molecule has 0 aliphatic heterocycles. The zero-order chi connectivity index (χ0) is 20.3. The van der Waals surface area contributed by atoms with E-state index in [9.17, 15) is 9.50 Å². The number of benzene rings is 1. The summed E-state index contributed by atoms with van der Waals surface area (Å²) < 4.78 is 13.6. The number of hydrogen-bond acceptors (Lipinski definition) is 3. The number of nitrogens with one attached hydrogen (secondary N) is 2. The Balaban J connectivity index is 2.87. The third-order valence-corrected chi connectivity index (χ3v) is 5.38. The van der Waals surface area contributed by atoms with Gasteiger partial charge in [-0.05, 0) is 63.4 Å². The molecular formula is C21H37FN4O. The van der Waals surface area contributed by atoms with Crippen LogP contribution in [0.5, 0.6) is 0 Å². The first-order valence-corrected chi connectivity index (χ1v) is 9.96. The summed E-state index contributed by atoms with van der Waals surface area (Å²) in [6, 6.07) is 6.76. The zero-order valence-electron chi connectivity index (χ0n) is 17.6. The Labute approximate surface area is 164 Å². The molecule has 0 spiro atoms. The number of guanidine groups is 1. The van der Waals surface area contributed by atoms with E-state index in [2.05, 4.69) is 29.4 Å². The Morgan fingerprint density at radius 3 is 2.44 bits per heavy atom. The standard InChI is InChI=1S/C21H37FN4O/c1-6-21(7-2,12-13-27)16-25-20(23-8-3)24-15-19(26(4)5)17-10-9-11-18(22)14-17/h9-11,14,19,27H,6-8,12-13,15-16H2,1-5H3,(H2,23,24,25). The van der Waals surface area contributed by atoms with Gasteiger partial charge in [0.1, 0.15) is 5.82 Å². The van der Waals surface area contributed by atoms with Crippen LogP contribution in [-0.4, -0.2) is 56.3 Å². The van der Waals surface area contributed by atoms with Crippen LogP contribution in [0.25, 0.3) is 0 Å². The third-order valence-electron chi connectivity index (χ3n) is 5.38. The molecule has 0 aromatic heterocycles. The van der Waals surface area contributed by atoms with Crippen molar-refractivity contribution in [2.75, 3.05) is 40.3 Å². The average Bonchev–Trinajstić information content (AvgIpc) is 2.65. The van der Waals surface area contributed by atoms with E-state index in [1.165, 1.54) is 6.07 Å². The van der Waals surface area contributed by atoms with Gasteiger partial charge in [-0.25, -0.2) is 4.39 Å². The van der Waals surface area contributed by atoms with Gasteiger partial charge in [0.05, 0.1) is 6.04 Å². The van der Waals surface area contributed by atoms with Gasteiger partial charge < -0.3 is 20.6 Å². The summed E-state index contributed by atoms with van der Waals surface area (Å²) in [5, 5.41) is 16.1. The number of likely N-dealkylation sites (N-methyl/N-ethyl adjacent to an activating group) is 1. The van der Waals surface area contributed by atoms with Crippen LogP contribution >= 0.6 is 0 Å². The molecule has 0 aliphatic carbocycles. The summed E-state index contributed by atoms with van der Waals surface area (Å²) in [4.78, 5) is 6.85. The second-order valence-electron chi connectivity index (χ2n) is 7.29. The highest BCUT2D eigenvalue weighted by Gasteiger charge is 2.25. The van der Waals surface area contributed by atoms with Crippen molar-refractivity contribution < 1.29 is 9.50 Å². The summed E-state index contributed by atoms with van der Waals surface area (Å²) in [5.74, 6) is 0.532. The molecule has 5 nitrogen and oxygen atoms in total. The van der Waals surface area contributed by atoms with Crippen molar-refractivity contribution >= 4 is 5.96 Å². The molecule has 0 saturated heterocycles. The molecule has 1 atom stereocenters. The molecular weight excluding hydrogens is 343 g/mol. The van der Waals surface area contributed by atoms with E-state index in [0.29, 0.717) is 13.1 Å². The first-order chi connectivity index (χ1) is 12.9. The van der Waals surface area contributed by atoms with E-state index in [1.807, 2.05) is 27.1 Å². The Bertz CT molecular complexity index is 573. The monoisotopic (exact) mass is 380 g/mol. The molecule has 3 N–H and O–H groups in total. The van der Waals surface area contributed by atoms with Crippen LogP contribution in [0, 0.1) is 11.2 Å². The fourth-order valence-corrected chi connectivity index (χ4v) is 3.24. The highest BCUT2D eigenvalue weighted by Crippen LogP contribution is 2.30. The van der Waals surface area contributed by atoms with Gasteiger partial charge in [-0.3, -0.25) is 4.99 Å². The first kappa shape index (κ1) is 23.4. The number of aliphatic imine (C=N–C) groups is 1. The molecule has 1 unspecified atom stereocenters. The Morgan fingerprint density at radius 2 is 1.93 bits per heavy atom. The van der Waals surface area contributed by atoms with Crippen LogP contribution in [0.4, 0.5) is 4.39 Å². The molecule has 0 radical (unpaired) electrons. The van der Waals surface area contributed by atoms with Gasteiger partial charge in [-0.1, -0.05) is 26.0 Å². The minimum absolute atomic E-state index is 0.0284. The maximum Gasteiger partial charge on any atom is 0.191 e. The summed E-state index contributed by atoms with van der Waals surface area (Å²) >= 11 is 0. The van der Waals surface area contributed by atoms with Crippen molar-refractivity contribution in [3.63, 3.8) is 0 Å². The Morgan fingerprint density at radius 1 is 1.22 bits per heavy atom. The van der Waals surface area contributed by atoms with Crippen LogP contribution in [0.2, 0.25) is 0 Å². The maximum atomic E-state index is 13.6. The highest BCUT2D eigenvalue weighted by molar-refractivity contribution is 5.79. The number of hydrogen-bond donors (Lipinski definition) is 3. The maximum absolute atomic E-state index is 13.6. The summed E-state index contributed by atoms with van der Waals surface area (Å²) in [5.41, 5.74) is 0.959. The van der Waals surface area contributed by atoms with Gasteiger partial charge in [-0.2, -0.15) is 0 Å². The average molecular weight is 381 g/mol. The van der Waals surface area contributed by atoms with Crippen LogP contribution in [-0.2, 0) is 0 Å². The number of nitrogens with zero attached hydrogens (tertiary/aromatic N) is 2. The lowest BCUT2D eigenvalue weighted by Crippen LogP contribution is -2.42. The van der Waals surface area contributed by atoms with Crippen molar-refractivity contribution in [1.82, 2.24) is 15.5 Å². The summed E-state index contributed by atoms with van der Waals surface area (Å²) in [6.45, 7) is 8.58. The van der Waals surface area contributed by atoms with Gasteiger partial charge in [0, 0.05) is 26.2 Å². The predicted octanol–water partition coefficient (Wildman–Crippen LogP) is 3.17. The molecule has 27 heavy (non-hydrogen) atoms. The first-order valence-electron chi connectivity index (χ1n) is 9.96. The molecule has 0 aliphatic rings. The molecule has 1 rings (SSSR count). The van der Waals surface area contributed by atoms with Gasteiger partial charge in [-0.15, -0.1) is 0 Å². The van der Waals surface area contributed by atoms with Crippen molar-refractivity contribution in [3.05, 3.63) is 35.6 Å². The van der Waals surface area contributed by atoms with E-state index in [-0.39, 0.29) is 23.9 Å². The van der Waals surface area contributed by atoms with Crippen molar-refractivity contribution in [2.24, 2.45) is 10.4 Å². The lowest BCUT2D eigenvalue weighted by atomic mass is 9.79. The molecule has 0 heterocycles. The fraction of sp³-hybridized carbons (Fsp3) is 0.667. The van der Waals surface area contributed by atoms with Crippen LogP contribution in [0.3, 0.4) is 0 Å². The Kier molecular flexibility index (Phi) is 10.3. The lowest BCUT2D eigenvalue weighted by Gasteiger charge is -2.30. The SMILES string of the molecule is CCNC(=NCC(CC)(CC)CCO)NCC(c1cccc(F)c1)N(C)C. The van der Waals surface area contributed by atoms with Crippen molar-refractivity contribution in [2.45, 2.75) is 46.1 Å². The van der Waals surface area contributed by atoms with Gasteiger partial charge in [0.25, 0.3) is 0 Å². The van der Waals surface area contributed by atoms with E-state index in [0.717, 1.165) is 37.3 Å². The molecule has 0 saturated carbocycles. The number of aliphatic hydroxyl groups excluding tert-OH is 1. The number of aliphatic hydroxyl groups is 1.